The Balaban J connectivity index is 0.000000181. The molecular formula is C38H48N4O4. The predicted molar refractivity (Wildman–Crippen MR) is 174 cm³/mol. The van der Waals surface area contributed by atoms with Crippen molar-refractivity contribution in [3.8, 4) is 12.1 Å². The van der Waals surface area contributed by atoms with E-state index in [4.69, 9.17) is 10.5 Å². The van der Waals surface area contributed by atoms with Crippen molar-refractivity contribution < 1.29 is 19.2 Å². The summed E-state index contributed by atoms with van der Waals surface area (Å²) in [4.78, 5) is 49.3. The quantitative estimate of drug-likeness (QED) is 0.383. The minimum atomic E-state index is -0.235. The van der Waals surface area contributed by atoms with E-state index in [0.717, 1.165) is 68.1 Å². The van der Waals surface area contributed by atoms with E-state index in [-0.39, 0.29) is 46.0 Å². The fourth-order valence-corrected chi connectivity index (χ4v) is 10.0. The van der Waals surface area contributed by atoms with Crippen LogP contribution >= 0.6 is 0 Å². The van der Waals surface area contributed by atoms with E-state index in [0.29, 0.717) is 49.5 Å². The molecule has 46 heavy (non-hydrogen) atoms. The lowest BCUT2D eigenvalue weighted by atomic mass is 9.52. The second-order valence-corrected chi connectivity index (χ2v) is 14.8. The summed E-state index contributed by atoms with van der Waals surface area (Å²) in [6.45, 7) is 8.99. The van der Waals surface area contributed by atoms with Gasteiger partial charge in [0, 0.05) is 60.7 Å². The Morgan fingerprint density at radius 3 is 1.83 bits per heavy atom. The third kappa shape index (κ3) is 6.16. The van der Waals surface area contributed by atoms with Crippen LogP contribution in [0.25, 0.3) is 0 Å². The zero-order valence-electron chi connectivity index (χ0n) is 27.8. The third-order valence-corrected chi connectivity index (χ3v) is 12.4. The number of hydrogen-bond acceptors (Lipinski definition) is 6. The van der Waals surface area contributed by atoms with Crippen molar-refractivity contribution >= 4 is 23.4 Å². The van der Waals surface area contributed by atoms with Crippen molar-refractivity contribution in [2.75, 3.05) is 6.54 Å². The zero-order chi connectivity index (χ0) is 33.2. The van der Waals surface area contributed by atoms with Crippen LogP contribution < -0.4 is 10.6 Å². The molecule has 8 nitrogen and oxygen atoms in total. The normalized spacial score (nSPS) is 36.7. The van der Waals surface area contributed by atoms with Gasteiger partial charge in [0.2, 0.25) is 11.8 Å². The Bertz CT molecular complexity index is 1500. The van der Waals surface area contributed by atoms with Gasteiger partial charge < -0.3 is 10.6 Å². The molecule has 2 heterocycles. The molecule has 2 fully saturated rings. The molecule has 2 N–H and O–H groups in total. The molecule has 0 saturated heterocycles. The van der Waals surface area contributed by atoms with Gasteiger partial charge in [-0.25, -0.2) is 0 Å². The van der Waals surface area contributed by atoms with Gasteiger partial charge in [-0.15, -0.1) is 0 Å². The second-order valence-electron chi connectivity index (χ2n) is 14.8. The van der Waals surface area contributed by atoms with Crippen LogP contribution in [0.2, 0.25) is 0 Å². The highest BCUT2D eigenvalue weighted by Crippen LogP contribution is 2.57. The van der Waals surface area contributed by atoms with E-state index < -0.39 is 0 Å². The highest BCUT2D eigenvalue weighted by atomic mass is 16.2. The summed E-state index contributed by atoms with van der Waals surface area (Å²) in [5.74, 6) is 1.58. The molecule has 244 valence electrons. The standard InChI is InChI=1S/2C19H24N2O2/c1-12-10-16(22)18-15(14(12)4-3-9-20)6-5-13-11-21-17(23)7-8-19(13,18)2;1-12-10-16(22)18-15(14(12)4-3-8-20)6-5-13-11-17(23)21-9-7-19(13,18)2/h10-11,14-15,18H,3-8H2,1-2H3,(H,21,23);10-11,14-15,18H,3-7,9H2,1-2H3,(H,21,23)/t2*14-,15+,18-,19+/m11/s1. The molecule has 2 saturated carbocycles. The second kappa shape index (κ2) is 13.5. The van der Waals surface area contributed by atoms with E-state index >= 15 is 0 Å². The first-order valence-electron chi connectivity index (χ1n) is 17.1. The number of carbonyl (C=O) groups excluding carboxylic acids is 4. The van der Waals surface area contributed by atoms with Gasteiger partial charge in [-0.3, -0.25) is 19.2 Å². The average molecular weight is 625 g/mol. The van der Waals surface area contributed by atoms with Crippen LogP contribution in [-0.4, -0.2) is 29.9 Å². The van der Waals surface area contributed by atoms with Gasteiger partial charge >= 0.3 is 0 Å². The van der Waals surface area contributed by atoms with Crippen LogP contribution in [0.15, 0.2) is 46.7 Å². The number of allylic oxidation sites excluding steroid dienone is 6. The number of hydrogen-bond donors (Lipinski definition) is 2. The molecule has 8 atom stereocenters. The van der Waals surface area contributed by atoms with Crippen LogP contribution in [-0.2, 0) is 19.2 Å². The molecule has 0 spiro atoms. The van der Waals surface area contributed by atoms with Crippen molar-refractivity contribution in [3.63, 3.8) is 0 Å². The molecule has 0 aromatic heterocycles. The first kappa shape index (κ1) is 33.6. The largest absolute Gasteiger partial charge is 0.353 e. The Morgan fingerprint density at radius 1 is 0.761 bits per heavy atom. The molecule has 4 aliphatic carbocycles. The Labute approximate surface area is 273 Å². The minimum Gasteiger partial charge on any atom is -0.353 e. The van der Waals surface area contributed by atoms with Gasteiger partial charge in [0.1, 0.15) is 0 Å². The summed E-state index contributed by atoms with van der Waals surface area (Å²) >= 11 is 0. The van der Waals surface area contributed by atoms with E-state index in [1.807, 2.05) is 20.0 Å². The molecule has 0 radical (unpaired) electrons. The van der Waals surface area contributed by atoms with E-state index in [1.54, 1.807) is 18.2 Å². The summed E-state index contributed by atoms with van der Waals surface area (Å²) in [7, 11) is 0. The van der Waals surface area contributed by atoms with Crippen molar-refractivity contribution in [2.45, 2.75) is 98.3 Å². The summed E-state index contributed by atoms with van der Waals surface area (Å²) in [5.41, 5.74) is 4.14. The first-order chi connectivity index (χ1) is 21.9. The average Bonchev–Trinajstić information content (AvgIpc) is 3.26. The smallest absolute Gasteiger partial charge is 0.243 e. The summed E-state index contributed by atoms with van der Waals surface area (Å²) in [6, 6.07) is 4.49. The van der Waals surface area contributed by atoms with Crippen molar-refractivity contribution in [1.29, 1.82) is 10.5 Å². The predicted octanol–water partition coefficient (Wildman–Crippen LogP) is 6.18. The fraction of sp³-hybridized carbons (Fsp3) is 0.632. The van der Waals surface area contributed by atoms with Gasteiger partial charge in [0.25, 0.3) is 0 Å². The van der Waals surface area contributed by atoms with Crippen molar-refractivity contribution in [2.24, 2.45) is 46.3 Å². The number of nitriles is 2. The number of carbonyl (C=O) groups is 4. The summed E-state index contributed by atoms with van der Waals surface area (Å²) < 4.78 is 0. The van der Waals surface area contributed by atoms with Gasteiger partial charge in [-0.05, 0) is 107 Å². The Hall–Kier alpha value is -3.78. The Morgan fingerprint density at radius 2 is 1.28 bits per heavy atom. The molecule has 0 unspecified atom stereocenters. The van der Waals surface area contributed by atoms with Gasteiger partial charge in [-0.2, -0.15) is 10.5 Å². The lowest BCUT2D eigenvalue weighted by Crippen LogP contribution is -2.48. The van der Waals surface area contributed by atoms with Gasteiger partial charge in [-0.1, -0.05) is 30.6 Å². The monoisotopic (exact) mass is 624 g/mol. The zero-order valence-corrected chi connectivity index (χ0v) is 27.8. The number of amides is 2. The van der Waals surface area contributed by atoms with Gasteiger partial charge in [0.05, 0.1) is 12.1 Å². The van der Waals surface area contributed by atoms with Crippen LogP contribution in [0.1, 0.15) is 98.3 Å². The molecule has 0 aromatic carbocycles. The maximum Gasteiger partial charge on any atom is 0.243 e. The van der Waals surface area contributed by atoms with Gasteiger partial charge in [0.15, 0.2) is 11.6 Å². The van der Waals surface area contributed by atoms with Crippen LogP contribution in [0.4, 0.5) is 0 Å². The number of nitrogens with one attached hydrogen (secondary N) is 2. The molecule has 2 aliphatic heterocycles. The lowest BCUT2D eigenvalue weighted by Gasteiger charge is -2.51. The lowest BCUT2D eigenvalue weighted by molar-refractivity contribution is -0.128. The third-order valence-electron chi connectivity index (χ3n) is 12.4. The minimum absolute atomic E-state index is 0.0295. The number of ketones is 2. The number of nitrogens with zero attached hydrogens (tertiary/aromatic N) is 2. The molecule has 6 aliphatic rings. The molecule has 2 amide bonds. The highest BCUT2D eigenvalue weighted by molar-refractivity contribution is 5.96. The SMILES string of the molecule is CC1=CC(=O)[C@H]2[C@@H](CCC3=CC(=O)NCC[C@@]32C)[C@@H]1CCC#N.CC1=CC(=O)[C@H]2[C@@H](CCC3=CNC(=O)CC[C@@]32C)[C@@H]1CCC#N. The maximum atomic E-state index is 12.8. The topological polar surface area (TPSA) is 140 Å². The Kier molecular flexibility index (Phi) is 9.87. The van der Waals surface area contributed by atoms with Crippen molar-refractivity contribution in [1.82, 2.24) is 10.6 Å². The van der Waals surface area contributed by atoms with Crippen LogP contribution in [0.5, 0.6) is 0 Å². The summed E-state index contributed by atoms with van der Waals surface area (Å²) in [5, 5.41) is 23.7. The molecule has 8 heteroatoms. The number of rotatable bonds is 4. The fourth-order valence-electron chi connectivity index (χ4n) is 10.0. The van der Waals surface area contributed by atoms with E-state index in [1.165, 1.54) is 5.57 Å². The maximum absolute atomic E-state index is 12.8. The van der Waals surface area contributed by atoms with Crippen LogP contribution in [0.3, 0.4) is 0 Å². The molecule has 6 rings (SSSR count). The van der Waals surface area contributed by atoms with Crippen LogP contribution in [0, 0.1) is 69.0 Å². The molecule has 0 bridgehead atoms. The summed E-state index contributed by atoms with van der Waals surface area (Å²) in [6.07, 6.45) is 15.7. The number of fused-ring (bicyclic) bond motifs is 6. The van der Waals surface area contributed by atoms with Crippen molar-refractivity contribution in [3.05, 3.63) is 46.7 Å². The van der Waals surface area contributed by atoms with E-state index in [9.17, 15) is 19.2 Å². The highest BCUT2D eigenvalue weighted by Gasteiger charge is 2.54. The molecule has 0 aromatic rings. The van der Waals surface area contributed by atoms with E-state index in [2.05, 4.69) is 36.6 Å². The molecular weight excluding hydrogens is 576 g/mol. The first-order valence-corrected chi connectivity index (χ1v) is 17.1.